The van der Waals surface area contributed by atoms with Gasteiger partial charge >= 0.3 is 5.97 Å². The number of rotatable bonds is 8. The van der Waals surface area contributed by atoms with E-state index in [9.17, 15) is 9.59 Å². The van der Waals surface area contributed by atoms with E-state index in [4.69, 9.17) is 16.3 Å². The van der Waals surface area contributed by atoms with Crippen LogP contribution >= 0.6 is 22.9 Å². The van der Waals surface area contributed by atoms with Gasteiger partial charge in [-0.15, -0.1) is 11.3 Å². The lowest BCUT2D eigenvalue weighted by Crippen LogP contribution is -2.35. The Morgan fingerprint density at radius 1 is 1.28 bits per heavy atom. The van der Waals surface area contributed by atoms with Crippen molar-refractivity contribution >= 4 is 34.8 Å². The van der Waals surface area contributed by atoms with Gasteiger partial charge in [-0.25, -0.2) is 4.79 Å². The lowest BCUT2D eigenvalue weighted by atomic mass is 10.0. The molecular weight excluding hydrogens is 406 g/mol. The van der Waals surface area contributed by atoms with Gasteiger partial charge in [0.05, 0.1) is 17.2 Å². The molecule has 1 aliphatic heterocycles. The van der Waals surface area contributed by atoms with E-state index in [1.165, 1.54) is 17.8 Å². The third-order valence-electron chi connectivity index (χ3n) is 5.45. The maximum atomic E-state index is 12.8. The summed E-state index contributed by atoms with van der Waals surface area (Å²) in [5.74, 6) is 0.110. The van der Waals surface area contributed by atoms with Crippen LogP contribution in [0.15, 0.2) is 30.3 Å². The Hall–Kier alpha value is -1.85. The minimum absolute atomic E-state index is 0.0710. The number of esters is 1. The molecule has 2 aromatic rings. The molecule has 1 aromatic heterocycles. The van der Waals surface area contributed by atoms with E-state index >= 15 is 0 Å². The first-order chi connectivity index (χ1) is 14.0. The standard InChI is InChI=1S/C23H28ClNO3S/c1-3-5-8-16(4-2)15-28-23(27)21-13-17-14-25(12-11-20(17)29-21)22(26)18-9-6-7-10-19(18)24/h6-7,9-10,13,16H,3-5,8,11-12,14-15H2,1-2H3. The molecule has 0 fully saturated rings. The summed E-state index contributed by atoms with van der Waals surface area (Å²) in [4.78, 5) is 28.9. The van der Waals surface area contributed by atoms with Crippen molar-refractivity contribution in [1.82, 2.24) is 4.90 Å². The lowest BCUT2D eigenvalue weighted by Gasteiger charge is -2.27. The molecule has 0 saturated heterocycles. The topological polar surface area (TPSA) is 46.6 Å². The molecule has 1 aliphatic rings. The highest BCUT2D eigenvalue weighted by atomic mass is 35.5. The molecule has 0 radical (unpaired) electrons. The van der Waals surface area contributed by atoms with Crippen LogP contribution in [-0.4, -0.2) is 29.9 Å². The maximum absolute atomic E-state index is 12.8. The SMILES string of the molecule is CCCCC(CC)COC(=O)c1cc2c(s1)CCN(C(=O)c1ccccc1Cl)C2. The maximum Gasteiger partial charge on any atom is 0.348 e. The predicted octanol–water partition coefficient (Wildman–Crippen LogP) is 5.97. The predicted molar refractivity (Wildman–Crippen MR) is 118 cm³/mol. The summed E-state index contributed by atoms with van der Waals surface area (Å²) in [6.45, 7) is 5.92. The second-order valence-corrected chi connectivity index (χ2v) is 9.07. The lowest BCUT2D eigenvalue weighted by molar-refractivity contribution is 0.0433. The molecule has 6 heteroatoms. The van der Waals surface area contributed by atoms with Crippen molar-refractivity contribution in [3.05, 3.63) is 56.2 Å². The smallest absolute Gasteiger partial charge is 0.348 e. The summed E-state index contributed by atoms with van der Waals surface area (Å²) in [5, 5.41) is 0.464. The number of nitrogens with zero attached hydrogens (tertiary/aromatic N) is 1. The highest BCUT2D eigenvalue weighted by molar-refractivity contribution is 7.14. The number of amides is 1. The summed E-state index contributed by atoms with van der Waals surface area (Å²) in [7, 11) is 0. The molecule has 156 valence electrons. The Labute approximate surface area is 181 Å². The molecule has 1 aromatic carbocycles. The average Bonchev–Trinajstić information content (AvgIpc) is 3.17. The summed E-state index contributed by atoms with van der Waals surface area (Å²) in [6, 6.07) is 9.00. The highest BCUT2D eigenvalue weighted by Crippen LogP contribution is 2.30. The van der Waals surface area contributed by atoms with Gasteiger partial charge < -0.3 is 9.64 Å². The van der Waals surface area contributed by atoms with Crippen molar-refractivity contribution in [3.8, 4) is 0 Å². The Morgan fingerprint density at radius 3 is 2.79 bits per heavy atom. The monoisotopic (exact) mass is 433 g/mol. The quantitative estimate of drug-likeness (QED) is 0.481. The van der Waals surface area contributed by atoms with Gasteiger partial charge in [0, 0.05) is 18.0 Å². The zero-order valence-corrected chi connectivity index (χ0v) is 18.7. The summed E-state index contributed by atoms with van der Waals surface area (Å²) in [5.41, 5.74) is 1.55. The Bertz CT molecular complexity index is 864. The van der Waals surface area contributed by atoms with Crippen LogP contribution in [0.2, 0.25) is 5.02 Å². The number of halogens is 1. The van der Waals surface area contributed by atoms with E-state index in [-0.39, 0.29) is 11.9 Å². The van der Waals surface area contributed by atoms with E-state index in [1.807, 2.05) is 18.2 Å². The second kappa shape index (κ2) is 10.3. The average molecular weight is 434 g/mol. The first kappa shape index (κ1) is 21.8. The van der Waals surface area contributed by atoms with Crippen LogP contribution in [0.25, 0.3) is 0 Å². The van der Waals surface area contributed by atoms with E-state index in [2.05, 4.69) is 13.8 Å². The molecule has 3 rings (SSSR count). The summed E-state index contributed by atoms with van der Waals surface area (Å²) < 4.78 is 5.59. The molecule has 0 N–H and O–H groups in total. The van der Waals surface area contributed by atoms with Crippen LogP contribution in [0.5, 0.6) is 0 Å². The van der Waals surface area contributed by atoms with Gasteiger partial charge in [0.2, 0.25) is 0 Å². The number of fused-ring (bicyclic) bond motifs is 1. The van der Waals surface area contributed by atoms with Crippen molar-refractivity contribution in [3.63, 3.8) is 0 Å². The van der Waals surface area contributed by atoms with Crippen molar-refractivity contribution in [2.75, 3.05) is 13.2 Å². The van der Waals surface area contributed by atoms with Crippen LogP contribution in [0.1, 0.15) is 70.0 Å². The van der Waals surface area contributed by atoms with Gasteiger partial charge in [0.15, 0.2) is 0 Å². The van der Waals surface area contributed by atoms with Gasteiger partial charge in [0.25, 0.3) is 5.91 Å². The van der Waals surface area contributed by atoms with E-state index < -0.39 is 0 Å². The summed E-state index contributed by atoms with van der Waals surface area (Å²) in [6.07, 6.45) is 5.19. The van der Waals surface area contributed by atoms with Crippen LogP contribution in [-0.2, 0) is 17.7 Å². The van der Waals surface area contributed by atoms with Gasteiger partial charge in [-0.1, -0.05) is 56.8 Å². The van der Waals surface area contributed by atoms with Crippen molar-refractivity contribution in [2.45, 2.75) is 52.5 Å². The molecular formula is C23H28ClNO3S. The van der Waals surface area contributed by atoms with E-state index in [1.54, 1.807) is 17.0 Å². The molecule has 0 saturated carbocycles. The van der Waals surface area contributed by atoms with Gasteiger partial charge in [-0.05, 0) is 42.5 Å². The first-order valence-corrected chi connectivity index (χ1v) is 11.5. The third kappa shape index (κ3) is 5.40. The van der Waals surface area contributed by atoms with Crippen molar-refractivity contribution in [1.29, 1.82) is 0 Å². The fourth-order valence-corrected chi connectivity index (χ4v) is 4.85. The fraction of sp³-hybridized carbons (Fsp3) is 0.478. The van der Waals surface area contributed by atoms with Crippen molar-refractivity contribution < 1.29 is 14.3 Å². The van der Waals surface area contributed by atoms with E-state index in [0.717, 1.165) is 36.1 Å². The minimum atomic E-state index is -0.247. The zero-order chi connectivity index (χ0) is 20.8. The molecule has 4 nitrogen and oxygen atoms in total. The third-order valence-corrected chi connectivity index (χ3v) is 7.00. The van der Waals surface area contributed by atoms with Gasteiger partial charge in [-0.3, -0.25) is 4.79 Å². The van der Waals surface area contributed by atoms with Gasteiger partial charge in [0.1, 0.15) is 4.88 Å². The molecule has 0 aliphatic carbocycles. The molecule has 1 amide bonds. The molecule has 0 spiro atoms. The molecule has 1 unspecified atom stereocenters. The normalized spacial score (nSPS) is 14.4. The Kier molecular flexibility index (Phi) is 7.73. The van der Waals surface area contributed by atoms with E-state index in [0.29, 0.717) is 41.1 Å². The number of hydrogen-bond acceptors (Lipinski definition) is 4. The second-order valence-electron chi connectivity index (χ2n) is 7.53. The number of ether oxygens (including phenoxy) is 1. The number of unbranched alkanes of at least 4 members (excludes halogenated alkanes) is 1. The fourth-order valence-electron chi connectivity index (χ4n) is 3.57. The van der Waals surface area contributed by atoms with Gasteiger partial charge in [-0.2, -0.15) is 0 Å². The van der Waals surface area contributed by atoms with Crippen LogP contribution < -0.4 is 0 Å². The van der Waals surface area contributed by atoms with Crippen LogP contribution in [0.3, 0.4) is 0 Å². The van der Waals surface area contributed by atoms with Crippen molar-refractivity contribution in [2.24, 2.45) is 5.92 Å². The molecule has 0 bridgehead atoms. The Balaban J connectivity index is 1.62. The number of hydrogen-bond donors (Lipinski definition) is 0. The molecule has 29 heavy (non-hydrogen) atoms. The highest BCUT2D eigenvalue weighted by Gasteiger charge is 2.26. The summed E-state index contributed by atoms with van der Waals surface area (Å²) >= 11 is 7.68. The molecule has 2 heterocycles. The Morgan fingerprint density at radius 2 is 2.07 bits per heavy atom. The zero-order valence-electron chi connectivity index (χ0n) is 17.1. The minimum Gasteiger partial charge on any atom is -0.461 e. The number of carbonyl (C=O) groups is 2. The number of carbonyl (C=O) groups excluding carboxylic acids is 2. The largest absolute Gasteiger partial charge is 0.461 e. The number of benzene rings is 1. The van der Waals surface area contributed by atoms with Crippen LogP contribution in [0.4, 0.5) is 0 Å². The molecule has 1 atom stereocenters. The van der Waals surface area contributed by atoms with Crippen LogP contribution in [0, 0.1) is 5.92 Å². The number of thiophene rings is 1. The first-order valence-electron chi connectivity index (χ1n) is 10.4.